The van der Waals surface area contributed by atoms with Crippen molar-refractivity contribution in [3.8, 4) is 17.0 Å². The minimum absolute atomic E-state index is 0.713. The highest BCUT2D eigenvalue weighted by atomic mass is 16.5. The molecule has 5 heteroatoms. The Morgan fingerprint density at radius 1 is 0.958 bits per heavy atom. The summed E-state index contributed by atoms with van der Waals surface area (Å²) in [7, 11) is 1.65. The molecule has 118 valence electrons. The van der Waals surface area contributed by atoms with Crippen molar-refractivity contribution in [2.75, 3.05) is 12.4 Å². The van der Waals surface area contributed by atoms with E-state index in [1.165, 1.54) is 0 Å². The van der Waals surface area contributed by atoms with Crippen molar-refractivity contribution in [3.05, 3.63) is 73.2 Å². The van der Waals surface area contributed by atoms with Crippen LogP contribution in [0.1, 0.15) is 0 Å². The lowest BCUT2D eigenvalue weighted by molar-refractivity contribution is 0.415. The van der Waals surface area contributed by atoms with Crippen LogP contribution in [0.25, 0.3) is 16.9 Å². The average Bonchev–Trinajstić information content (AvgIpc) is 3.08. The summed E-state index contributed by atoms with van der Waals surface area (Å²) in [5.41, 5.74) is 3.87. The number of anilines is 2. The minimum atomic E-state index is 0.713. The Labute approximate surface area is 139 Å². The van der Waals surface area contributed by atoms with Crippen LogP contribution in [0.4, 0.5) is 11.5 Å². The third kappa shape index (κ3) is 2.56. The molecule has 0 spiro atoms. The van der Waals surface area contributed by atoms with Crippen molar-refractivity contribution < 1.29 is 4.74 Å². The number of fused-ring (bicyclic) bond motifs is 1. The van der Waals surface area contributed by atoms with Gasteiger partial charge < -0.3 is 10.1 Å². The third-order valence-corrected chi connectivity index (χ3v) is 3.85. The number of methoxy groups -OCH3 is 1. The normalized spacial score (nSPS) is 10.7. The molecule has 0 saturated carbocycles. The second-order valence-corrected chi connectivity index (χ2v) is 5.33. The monoisotopic (exact) mass is 316 g/mol. The zero-order chi connectivity index (χ0) is 16.4. The number of imidazole rings is 1. The van der Waals surface area contributed by atoms with Crippen LogP contribution in [0.2, 0.25) is 0 Å². The molecule has 0 atom stereocenters. The molecule has 0 aliphatic heterocycles. The number of nitrogens with zero attached hydrogens (tertiary/aromatic N) is 3. The molecule has 24 heavy (non-hydrogen) atoms. The quantitative estimate of drug-likeness (QED) is 0.614. The topological polar surface area (TPSA) is 51.5 Å². The first-order valence-corrected chi connectivity index (χ1v) is 7.64. The maximum Gasteiger partial charge on any atom is 0.180 e. The van der Waals surface area contributed by atoms with Gasteiger partial charge >= 0.3 is 0 Å². The average molecular weight is 316 g/mol. The molecule has 0 unspecified atom stereocenters. The summed E-state index contributed by atoms with van der Waals surface area (Å²) in [4.78, 5) is 8.96. The fraction of sp³-hybridized carbons (Fsp3) is 0.0526. The Balaban J connectivity index is 1.73. The molecule has 4 rings (SSSR count). The van der Waals surface area contributed by atoms with Gasteiger partial charge in [-0.15, -0.1) is 0 Å². The van der Waals surface area contributed by atoms with E-state index in [-0.39, 0.29) is 0 Å². The van der Waals surface area contributed by atoms with Gasteiger partial charge in [0.25, 0.3) is 0 Å². The van der Waals surface area contributed by atoms with Crippen LogP contribution in [0.15, 0.2) is 73.2 Å². The summed E-state index contributed by atoms with van der Waals surface area (Å²) in [6, 6.07) is 17.9. The number of rotatable bonds is 4. The van der Waals surface area contributed by atoms with Crippen molar-refractivity contribution >= 4 is 17.2 Å². The lowest BCUT2D eigenvalue weighted by Crippen LogP contribution is -1.98. The highest BCUT2D eigenvalue weighted by Crippen LogP contribution is 2.25. The van der Waals surface area contributed by atoms with Gasteiger partial charge in [-0.2, -0.15) is 0 Å². The first-order valence-electron chi connectivity index (χ1n) is 7.64. The van der Waals surface area contributed by atoms with Gasteiger partial charge in [-0.25, -0.2) is 9.97 Å². The van der Waals surface area contributed by atoms with Gasteiger partial charge in [0.2, 0.25) is 0 Å². The van der Waals surface area contributed by atoms with E-state index in [0.717, 1.165) is 28.3 Å². The van der Waals surface area contributed by atoms with E-state index in [0.29, 0.717) is 5.82 Å². The summed E-state index contributed by atoms with van der Waals surface area (Å²) in [5.74, 6) is 1.53. The number of ether oxygens (including phenoxy) is 1. The number of nitrogens with one attached hydrogen (secondary N) is 1. The van der Waals surface area contributed by atoms with E-state index < -0.39 is 0 Å². The van der Waals surface area contributed by atoms with Crippen LogP contribution in [0.5, 0.6) is 5.75 Å². The molecule has 0 bridgehead atoms. The molecular weight excluding hydrogens is 300 g/mol. The van der Waals surface area contributed by atoms with Crippen molar-refractivity contribution in [3.63, 3.8) is 0 Å². The van der Waals surface area contributed by atoms with E-state index in [1.807, 2.05) is 59.3 Å². The zero-order valence-corrected chi connectivity index (χ0v) is 13.2. The van der Waals surface area contributed by atoms with Crippen LogP contribution in [0.3, 0.4) is 0 Å². The number of hydrogen-bond acceptors (Lipinski definition) is 4. The molecule has 2 heterocycles. The lowest BCUT2D eigenvalue weighted by atomic mass is 10.2. The summed E-state index contributed by atoms with van der Waals surface area (Å²) >= 11 is 0. The molecule has 1 N–H and O–H groups in total. The zero-order valence-electron chi connectivity index (χ0n) is 13.2. The van der Waals surface area contributed by atoms with E-state index in [4.69, 9.17) is 4.74 Å². The van der Waals surface area contributed by atoms with Gasteiger partial charge in [-0.1, -0.05) is 30.3 Å². The summed E-state index contributed by atoms with van der Waals surface area (Å²) < 4.78 is 7.22. The predicted molar refractivity (Wildman–Crippen MR) is 94.7 cm³/mol. The van der Waals surface area contributed by atoms with Gasteiger partial charge in [0.15, 0.2) is 11.5 Å². The molecular formula is C19H16N4O. The fourth-order valence-electron chi connectivity index (χ4n) is 2.64. The van der Waals surface area contributed by atoms with Crippen molar-refractivity contribution in [1.29, 1.82) is 0 Å². The Bertz CT molecular complexity index is 962. The number of benzene rings is 2. The van der Waals surface area contributed by atoms with E-state index in [2.05, 4.69) is 27.4 Å². The van der Waals surface area contributed by atoms with Crippen LogP contribution >= 0.6 is 0 Å². The van der Waals surface area contributed by atoms with E-state index in [1.54, 1.807) is 13.3 Å². The summed E-state index contributed by atoms with van der Waals surface area (Å²) in [6.45, 7) is 0. The molecule has 4 aromatic rings. The minimum Gasteiger partial charge on any atom is -0.497 e. The number of hydrogen-bond donors (Lipinski definition) is 1. The Hall–Kier alpha value is -3.34. The highest BCUT2D eigenvalue weighted by Gasteiger charge is 2.10. The van der Waals surface area contributed by atoms with E-state index in [9.17, 15) is 0 Å². The second-order valence-electron chi connectivity index (χ2n) is 5.33. The van der Waals surface area contributed by atoms with Gasteiger partial charge in [-0.3, -0.25) is 4.40 Å². The second kappa shape index (κ2) is 6.04. The van der Waals surface area contributed by atoms with Crippen LogP contribution in [-0.2, 0) is 0 Å². The van der Waals surface area contributed by atoms with Crippen molar-refractivity contribution in [2.24, 2.45) is 0 Å². The Morgan fingerprint density at radius 2 is 1.75 bits per heavy atom. The molecule has 0 aliphatic rings. The maximum atomic E-state index is 5.18. The smallest absolute Gasteiger partial charge is 0.180 e. The van der Waals surface area contributed by atoms with Crippen LogP contribution in [0, 0.1) is 0 Å². The van der Waals surface area contributed by atoms with Crippen LogP contribution < -0.4 is 10.1 Å². The third-order valence-electron chi connectivity index (χ3n) is 3.85. The molecule has 0 saturated heterocycles. The standard InChI is InChI=1S/C19H16N4O/c1-24-16-9-7-15(8-10-16)22-18-19-21-13-17(23(19)12-11-20-18)14-5-3-2-4-6-14/h2-13H,1H3,(H,20,22). The molecule has 5 nitrogen and oxygen atoms in total. The molecule has 2 aromatic carbocycles. The van der Waals surface area contributed by atoms with Crippen molar-refractivity contribution in [2.45, 2.75) is 0 Å². The lowest BCUT2D eigenvalue weighted by Gasteiger charge is -2.08. The van der Waals surface area contributed by atoms with Gasteiger partial charge in [0.05, 0.1) is 19.0 Å². The largest absolute Gasteiger partial charge is 0.497 e. The van der Waals surface area contributed by atoms with Crippen molar-refractivity contribution in [1.82, 2.24) is 14.4 Å². The molecule has 0 aliphatic carbocycles. The first kappa shape index (κ1) is 14.3. The van der Waals surface area contributed by atoms with Crippen LogP contribution in [-0.4, -0.2) is 21.5 Å². The maximum absolute atomic E-state index is 5.18. The van der Waals surface area contributed by atoms with Gasteiger partial charge in [0, 0.05) is 23.6 Å². The Morgan fingerprint density at radius 3 is 2.50 bits per heavy atom. The Kier molecular flexibility index (Phi) is 3.59. The van der Waals surface area contributed by atoms with E-state index >= 15 is 0 Å². The summed E-state index contributed by atoms with van der Waals surface area (Å²) in [5, 5.41) is 3.31. The number of aromatic nitrogens is 3. The predicted octanol–water partition coefficient (Wildman–Crippen LogP) is 4.15. The molecule has 0 amide bonds. The highest BCUT2D eigenvalue weighted by molar-refractivity contribution is 5.74. The first-order chi connectivity index (χ1) is 11.8. The SMILES string of the molecule is COc1ccc(Nc2nccn3c(-c4ccccc4)cnc23)cc1. The molecule has 0 fully saturated rings. The van der Waals surface area contributed by atoms with Gasteiger partial charge in [0.1, 0.15) is 5.75 Å². The summed E-state index contributed by atoms with van der Waals surface area (Å²) in [6.07, 6.45) is 5.56. The molecule has 2 aromatic heterocycles. The fourth-order valence-corrected chi connectivity index (χ4v) is 2.64. The molecule has 0 radical (unpaired) electrons. The van der Waals surface area contributed by atoms with Gasteiger partial charge in [-0.05, 0) is 24.3 Å².